The molecule has 4 aromatic rings. The van der Waals surface area contributed by atoms with Gasteiger partial charge in [-0.05, 0) is 30.3 Å². The van der Waals surface area contributed by atoms with Crippen molar-refractivity contribution in [1.82, 2.24) is 15.2 Å². The van der Waals surface area contributed by atoms with Crippen LogP contribution in [0.4, 0.5) is 5.82 Å². The van der Waals surface area contributed by atoms with E-state index >= 15 is 0 Å². The molecule has 2 heterocycles. The second-order valence-corrected chi connectivity index (χ2v) is 4.87. The molecule has 0 saturated heterocycles. The number of nitrogens with two attached hydrogens (primary N) is 1. The summed E-state index contributed by atoms with van der Waals surface area (Å²) in [6.45, 7) is 0. The molecule has 0 fully saturated rings. The molecule has 0 saturated carbocycles. The second-order valence-electron chi connectivity index (χ2n) is 4.87. The van der Waals surface area contributed by atoms with Crippen molar-refractivity contribution in [1.29, 1.82) is 0 Å². The van der Waals surface area contributed by atoms with Gasteiger partial charge in [-0.15, -0.1) is 0 Å². The average Bonchev–Trinajstić information content (AvgIpc) is 2.97. The van der Waals surface area contributed by atoms with Crippen LogP contribution in [0.2, 0.25) is 0 Å². The van der Waals surface area contributed by atoms with E-state index in [2.05, 4.69) is 15.2 Å². The van der Waals surface area contributed by atoms with E-state index in [4.69, 9.17) is 5.73 Å². The number of aromatic hydroxyl groups is 1. The fourth-order valence-electron chi connectivity index (χ4n) is 2.69. The highest BCUT2D eigenvalue weighted by Gasteiger charge is 2.13. The van der Waals surface area contributed by atoms with Gasteiger partial charge in [-0.2, -0.15) is 5.10 Å². The molecule has 0 amide bonds. The Morgan fingerprint density at radius 1 is 1.00 bits per heavy atom. The summed E-state index contributed by atoms with van der Waals surface area (Å²) >= 11 is 0. The summed E-state index contributed by atoms with van der Waals surface area (Å²) in [4.78, 5) is 4.29. The molecule has 2 aromatic carbocycles. The van der Waals surface area contributed by atoms with Crippen LogP contribution in [0.1, 0.15) is 0 Å². The Hall–Kier alpha value is -3.08. The smallest absolute Gasteiger partial charge is 0.152 e. The van der Waals surface area contributed by atoms with Crippen LogP contribution < -0.4 is 5.73 Å². The number of phenolic OH excluding ortho intramolecular Hbond substituents is 1. The van der Waals surface area contributed by atoms with Crippen LogP contribution in [0.5, 0.6) is 5.75 Å². The molecule has 4 N–H and O–H groups in total. The van der Waals surface area contributed by atoms with Crippen molar-refractivity contribution >= 4 is 27.5 Å². The van der Waals surface area contributed by atoms with Crippen molar-refractivity contribution in [2.45, 2.75) is 0 Å². The molecule has 0 spiro atoms. The van der Waals surface area contributed by atoms with Crippen LogP contribution in [0.15, 0.2) is 48.7 Å². The van der Waals surface area contributed by atoms with Crippen molar-refractivity contribution in [2.24, 2.45) is 0 Å². The van der Waals surface area contributed by atoms with Gasteiger partial charge in [0.2, 0.25) is 0 Å². The number of nitrogens with zero attached hydrogens (tertiary/aromatic N) is 2. The number of aromatic nitrogens is 3. The van der Waals surface area contributed by atoms with Gasteiger partial charge in [0, 0.05) is 27.9 Å². The summed E-state index contributed by atoms with van der Waals surface area (Å²) in [7, 11) is 0. The van der Waals surface area contributed by atoms with Crippen molar-refractivity contribution in [3.63, 3.8) is 0 Å². The summed E-state index contributed by atoms with van der Waals surface area (Å²) in [5.41, 5.74) is 8.34. The van der Waals surface area contributed by atoms with Crippen LogP contribution in [0, 0.1) is 0 Å². The van der Waals surface area contributed by atoms with Gasteiger partial charge in [0.1, 0.15) is 5.75 Å². The lowest BCUT2D eigenvalue weighted by Crippen LogP contribution is -1.98. The number of phenols is 1. The number of hydrogen-bond donors (Lipinski definition) is 3. The number of H-pyrrole nitrogens is 1. The highest BCUT2D eigenvalue weighted by Crippen LogP contribution is 2.36. The molecule has 21 heavy (non-hydrogen) atoms. The Morgan fingerprint density at radius 2 is 1.86 bits per heavy atom. The predicted octanol–water partition coefficient (Wildman–Crippen LogP) is 3.07. The summed E-state index contributed by atoms with van der Waals surface area (Å²) in [6.07, 6.45) is 1.75. The zero-order chi connectivity index (χ0) is 14.4. The number of para-hydroxylation sites is 1. The summed E-state index contributed by atoms with van der Waals surface area (Å²) < 4.78 is 0. The number of rotatable bonds is 1. The zero-order valence-electron chi connectivity index (χ0n) is 11.0. The molecule has 102 valence electrons. The number of benzene rings is 2. The number of hydrogen-bond acceptors (Lipinski definition) is 4. The third-order valence-corrected chi connectivity index (χ3v) is 3.66. The van der Waals surface area contributed by atoms with E-state index in [0.717, 1.165) is 27.4 Å². The molecule has 0 unspecified atom stereocenters. The van der Waals surface area contributed by atoms with E-state index in [0.29, 0.717) is 11.4 Å². The molecule has 0 aliphatic heterocycles. The SMILES string of the molecule is Nc1n[nH]c(-c2ccccc2O)c2ccc3nccc3c12. The van der Waals surface area contributed by atoms with E-state index in [1.54, 1.807) is 18.3 Å². The summed E-state index contributed by atoms with van der Waals surface area (Å²) in [5, 5.41) is 19.9. The summed E-state index contributed by atoms with van der Waals surface area (Å²) in [5.74, 6) is 0.616. The molecule has 0 aliphatic carbocycles. The van der Waals surface area contributed by atoms with Crippen LogP contribution in [-0.4, -0.2) is 20.3 Å². The fourth-order valence-corrected chi connectivity index (χ4v) is 2.69. The molecular formula is C16H12N4O. The number of aromatic amines is 1. The van der Waals surface area contributed by atoms with Crippen molar-refractivity contribution in [3.8, 4) is 17.0 Å². The lowest BCUT2D eigenvalue weighted by Gasteiger charge is -2.10. The third-order valence-electron chi connectivity index (χ3n) is 3.66. The van der Waals surface area contributed by atoms with Gasteiger partial charge in [0.15, 0.2) is 5.82 Å². The first-order valence-electron chi connectivity index (χ1n) is 6.55. The molecule has 5 nitrogen and oxygen atoms in total. The largest absolute Gasteiger partial charge is 0.507 e. The highest BCUT2D eigenvalue weighted by atomic mass is 16.3. The van der Waals surface area contributed by atoms with E-state index in [1.165, 1.54) is 0 Å². The van der Waals surface area contributed by atoms with Gasteiger partial charge >= 0.3 is 0 Å². The Labute approximate surface area is 120 Å². The number of nitrogen functional groups attached to an aromatic ring is 1. The first kappa shape index (κ1) is 11.7. The molecule has 0 aliphatic rings. The van der Waals surface area contributed by atoms with Crippen LogP contribution in [0.25, 0.3) is 32.9 Å². The van der Waals surface area contributed by atoms with Crippen LogP contribution in [-0.2, 0) is 0 Å². The first-order valence-corrected chi connectivity index (χ1v) is 6.55. The van der Waals surface area contributed by atoms with Gasteiger partial charge in [0.05, 0.1) is 11.2 Å². The summed E-state index contributed by atoms with van der Waals surface area (Å²) in [6, 6.07) is 12.9. The van der Waals surface area contributed by atoms with Gasteiger partial charge in [-0.3, -0.25) is 10.1 Å². The Bertz CT molecular complexity index is 975. The van der Waals surface area contributed by atoms with Crippen LogP contribution >= 0.6 is 0 Å². The standard InChI is InChI=1S/C16H12N4O/c17-16-14-9-7-8-18-12(9)6-5-11(14)15(19-20-16)10-3-1-2-4-13(10)21/h1-8,19,21H,(H2,17,20). The van der Waals surface area contributed by atoms with Gasteiger partial charge < -0.3 is 10.8 Å². The Kier molecular flexibility index (Phi) is 2.35. The van der Waals surface area contributed by atoms with E-state index in [1.807, 2.05) is 30.3 Å². The minimum atomic E-state index is 0.197. The second kappa shape index (κ2) is 4.21. The first-order chi connectivity index (χ1) is 10.3. The highest BCUT2D eigenvalue weighted by molar-refractivity contribution is 6.14. The van der Waals surface area contributed by atoms with Crippen LogP contribution in [0.3, 0.4) is 0 Å². The Balaban J connectivity index is 2.17. The zero-order valence-corrected chi connectivity index (χ0v) is 11.0. The normalized spacial score (nSPS) is 11.2. The van der Waals surface area contributed by atoms with Gasteiger partial charge in [-0.25, -0.2) is 0 Å². The third kappa shape index (κ3) is 1.64. The van der Waals surface area contributed by atoms with Crippen molar-refractivity contribution < 1.29 is 5.11 Å². The average molecular weight is 276 g/mol. The Morgan fingerprint density at radius 3 is 2.71 bits per heavy atom. The lowest BCUT2D eigenvalue weighted by molar-refractivity contribution is 0.477. The number of nitrogens with one attached hydrogen (secondary N) is 1. The molecule has 0 bridgehead atoms. The fraction of sp³-hybridized carbons (Fsp3) is 0. The molecular weight excluding hydrogens is 264 g/mol. The molecule has 2 aromatic heterocycles. The number of fused-ring (bicyclic) bond motifs is 3. The minimum absolute atomic E-state index is 0.197. The number of anilines is 1. The molecule has 4 rings (SSSR count). The molecule has 5 heteroatoms. The molecule has 0 radical (unpaired) electrons. The van der Waals surface area contributed by atoms with Crippen molar-refractivity contribution in [3.05, 3.63) is 48.7 Å². The minimum Gasteiger partial charge on any atom is -0.507 e. The maximum absolute atomic E-state index is 10.1. The molecule has 0 atom stereocenters. The maximum Gasteiger partial charge on any atom is 0.152 e. The topological polar surface area (TPSA) is 87.8 Å². The lowest BCUT2D eigenvalue weighted by atomic mass is 10.0. The van der Waals surface area contributed by atoms with Gasteiger partial charge in [-0.1, -0.05) is 12.1 Å². The van der Waals surface area contributed by atoms with E-state index < -0.39 is 0 Å². The van der Waals surface area contributed by atoms with Crippen molar-refractivity contribution in [2.75, 3.05) is 5.73 Å². The predicted molar refractivity (Wildman–Crippen MR) is 82.9 cm³/mol. The monoisotopic (exact) mass is 276 g/mol. The maximum atomic E-state index is 10.1. The quantitative estimate of drug-likeness (QED) is 0.498. The van der Waals surface area contributed by atoms with Gasteiger partial charge in [0.25, 0.3) is 0 Å². The van der Waals surface area contributed by atoms with E-state index in [9.17, 15) is 5.11 Å². The van der Waals surface area contributed by atoms with E-state index in [-0.39, 0.29) is 5.75 Å².